The molecule has 0 bridgehead atoms. The Morgan fingerprint density at radius 3 is 2.19 bits per heavy atom. The van der Waals surface area contributed by atoms with Gasteiger partial charge >= 0.3 is 5.97 Å². The second-order valence-electron chi connectivity index (χ2n) is 12.5. The molecule has 0 heterocycles. The Bertz CT molecular complexity index is 1380. The molecule has 0 aromatic heterocycles. The van der Waals surface area contributed by atoms with Gasteiger partial charge in [0.15, 0.2) is 12.2 Å². The lowest BCUT2D eigenvalue weighted by atomic mass is 10.0. The molecule has 0 aliphatic heterocycles. The Hall–Kier alpha value is -4.78. The number of nitrogens with zero attached hydrogens (tertiary/aromatic N) is 1. The van der Waals surface area contributed by atoms with Crippen molar-refractivity contribution in [3.8, 4) is 0 Å². The summed E-state index contributed by atoms with van der Waals surface area (Å²) in [4.78, 5) is 78.1. The molecular weight excluding hydrogens is 666 g/mol. The number of rotatable bonds is 24. The van der Waals surface area contributed by atoms with Gasteiger partial charge in [0.2, 0.25) is 17.7 Å². The summed E-state index contributed by atoms with van der Waals surface area (Å²) in [5.41, 5.74) is 1.25. The monoisotopic (exact) mass is 725 g/mol. The number of aliphatic hydroxyl groups is 1. The van der Waals surface area contributed by atoms with E-state index in [-0.39, 0.29) is 31.1 Å². The number of aliphatic hydroxyl groups excluding tert-OH is 1. The molecule has 288 valence electrons. The molecule has 1 rings (SSSR count). The minimum Gasteiger partial charge on any atom is -0.451 e. The van der Waals surface area contributed by atoms with Crippen LogP contribution in [-0.4, -0.2) is 90.9 Å². The van der Waals surface area contributed by atoms with Gasteiger partial charge in [0, 0.05) is 26.9 Å². The summed E-state index contributed by atoms with van der Waals surface area (Å²) in [5.74, 6) is -3.89. The molecule has 13 nitrogen and oxygen atoms in total. The van der Waals surface area contributed by atoms with Crippen LogP contribution in [0.2, 0.25) is 0 Å². The molecule has 4 atom stereocenters. The summed E-state index contributed by atoms with van der Waals surface area (Å²) in [6.07, 6.45) is 12.5. The highest BCUT2D eigenvalue weighted by molar-refractivity contribution is 5.92. The van der Waals surface area contributed by atoms with Gasteiger partial charge in [-0.15, -0.1) is 0 Å². The lowest BCUT2D eigenvalue weighted by Crippen LogP contribution is -2.54. The maximum atomic E-state index is 13.7. The number of unbranched alkanes of at least 4 members (excludes halogenated alkanes) is 4. The number of hydrogen-bond acceptors (Lipinski definition) is 8. The second-order valence-corrected chi connectivity index (χ2v) is 12.5. The first-order chi connectivity index (χ1) is 24.9. The summed E-state index contributed by atoms with van der Waals surface area (Å²) in [7, 11) is 3.12. The topological polar surface area (TPSA) is 183 Å². The van der Waals surface area contributed by atoms with Crippen molar-refractivity contribution < 1.29 is 38.6 Å². The number of allylic oxidation sites excluding steroid dienone is 5. The average molecular weight is 726 g/mol. The molecule has 5 N–H and O–H groups in total. The number of hydrogen-bond donors (Lipinski definition) is 5. The van der Waals surface area contributed by atoms with Crippen molar-refractivity contribution >= 4 is 35.5 Å². The van der Waals surface area contributed by atoms with Crippen LogP contribution in [0.3, 0.4) is 0 Å². The third-order valence-corrected chi connectivity index (χ3v) is 7.92. The Morgan fingerprint density at radius 1 is 0.865 bits per heavy atom. The molecular formula is C39H59N5O8. The lowest BCUT2D eigenvalue weighted by Gasteiger charge is -2.26. The van der Waals surface area contributed by atoms with E-state index in [2.05, 4.69) is 28.2 Å². The molecule has 0 saturated heterocycles. The number of benzene rings is 1. The standard InChI is InChI=1S/C39H59N5O8/c1-7-11-12-13-14-15-17-22-28(20-8-2)25-31(52-34(47)27-40-32(45)10-4)37(49)42-30(21-9-3)36(48)38(50)41-26-33(46)43-35(39(51)44(5)6)29-23-18-16-19-24-29/h8,15-20,22-24,30-31,35-36,48H,7,9-14,21,25-27H2,1-6H3,(H,40,45)(H,41,50)(H,42,49)(H,43,46)/b17-15-,20-8+,28-22+. The smallest absolute Gasteiger partial charge is 0.326 e. The van der Waals surface area contributed by atoms with Crippen molar-refractivity contribution in [2.45, 2.75) is 110 Å². The Morgan fingerprint density at radius 2 is 1.58 bits per heavy atom. The summed E-state index contributed by atoms with van der Waals surface area (Å²) in [6, 6.07) is 6.56. The fourth-order valence-electron chi connectivity index (χ4n) is 5.03. The highest BCUT2D eigenvalue weighted by atomic mass is 16.5. The number of likely N-dealkylation sites (N-methyl/N-ethyl adjacent to an activating group) is 1. The molecule has 5 amide bonds. The van der Waals surface area contributed by atoms with Gasteiger partial charge < -0.3 is 36.0 Å². The van der Waals surface area contributed by atoms with Crippen LogP contribution in [0.4, 0.5) is 0 Å². The maximum Gasteiger partial charge on any atom is 0.326 e. The maximum absolute atomic E-state index is 13.7. The fourth-order valence-corrected chi connectivity index (χ4v) is 5.03. The van der Waals surface area contributed by atoms with Gasteiger partial charge in [-0.1, -0.05) is 107 Å². The lowest BCUT2D eigenvalue weighted by molar-refractivity contribution is -0.156. The predicted octanol–water partition coefficient (Wildman–Crippen LogP) is 3.55. The first-order valence-corrected chi connectivity index (χ1v) is 18.1. The molecule has 0 radical (unpaired) electrons. The van der Waals surface area contributed by atoms with E-state index in [1.807, 2.05) is 25.2 Å². The number of esters is 1. The van der Waals surface area contributed by atoms with Crippen LogP contribution < -0.4 is 21.3 Å². The zero-order valence-electron chi connectivity index (χ0n) is 31.6. The Balaban J connectivity index is 3.09. The van der Waals surface area contributed by atoms with E-state index in [9.17, 15) is 33.9 Å². The van der Waals surface area contributed by atoms with Gasteiger partial charge in [0.05, 0.1) is 12.6 Å². The minimum atomic E-state index is -1.76. The molecule has 0 saturated carbocycles. The van der Waals surface area contributed by atoms with Gasteiger partial charge in [0.1, 0.15) is 12.6 Å². The van der Waals surface area contributed by atoms with Crippen molar-refractivity contribution in [1.29, 1.82) is 0 Å². The van der Waals surface area contributed by atoms with E-state index in [0.717, 1.165) is 25.7 Å². The molecule has 0 fully saturated rings. The second kappa shape index (κ2) is 26.1. The quantitative estimate of drug-likeness (QED) is 0.0609. The Kier molecular flexibility index (Phi) is 22.7. The highest BCUT2D eigenvalue weighted by Gasteiger charge is 2.32. The molecule has 13 heteroatoms. The molecule has 1 aromatic carbocycles. The van der Waals surface area contributed by atoms with E-state index in [0.29, 0.717) is 17.6 Å². The number of carbonyl (C=O) groups excluding carboxylic acids is 6. The number of amides is 5. The molecule has 0 spiro atoms. The van der Waals surface area contributed by atoms with Gasteiger partial charge in [0.25, 0.3) is 11.8 Å². The van der Waals surface area contributed by atoms with E-state index in [4.69, 9.17) is 4.74 Å². The van der Waals surface area contributed by atoms with Gasteiger partial charge in [-0.3, -0.25) is 28.8 Å². The van der Waals surface area contributed by atoms with E-state index in [1.165, 1.54) is 11.3 Å². The molecule has 52 heavy (non-hydrogen) atoms. The van der Waals surface area contributed by atoms with Crippen molar-refractivity contribution in [2.75, 3.05) is 27.2 Å². The Labute approximate surface area is 308 Å². The van der Waals surface area contributed by atoms with Crippen LogP contribution in [0.5, 0.6) is 0 Å². The third-order valence-electron chi connectivity index (χ3n) is 7.92. The predicted molar refractivity (Wildman–Crippen MR) is 200 cm³/mol. The summed E-state index contributed by atoms with van der Waals surface area (Å²) >= 11 is 0. The largest absolute Gasteiger partial charge is 0.451 e. The van der Waals surface area contributed by atoms with Crippen LogP contribution in [0.1, 0.15) is 97.1 Å². The zero-order chi connectivity index (χ0) is 38.9. The van der Waals surface area contributed by atoms with Crippen LogP contribution in [0.25, 0.3) is 0 Å². The molecule has 4 unspecified atom stereocenters. The van der Waals surface area contributed by atoms with Gasteiger partial charge in [-0.2, -0.15) is 0 Å². The fraction of sp³-hybridized carbons (Fsp3) is 0.538. The summed E-state index contributed by atoms with van der Waals surface area (Å²) in [6.45, 7) is 6.43. The highest BCUT2D eigenvalue weighted by Crippen LogP contribution is 2.16. The van der Waals surface area contributed by atoms with Crippen molar-refractivity contribution in [1.82, 2.24) is 26.2 Å². The van der Waals surface area contributed by atoms with Crippen molar-refractivity contribution in [3.63, 3.8) is 0 Å². The number of nitrogens with one attached hydrogen (secondary N) is 4. The van der Waals surface area contributed by atoms with Crippen LogP contribution in [0, 0.1) is 0 Å². The summed E-state index contributed by atoms with van der Waals surface area (Å²) < 4.78 is 5.53. The third kappa shape index (κ3) is 17.9. The van der Waals surface area contributed by atoms with Crippen molar-refractivity contribution in [2.24, 2.45) is 0 Å². The molecule has 0 aliphatic carbocycles. The van der Waals surface area contributed by atoms with E-state index < -0.39 is 61.1 Å². The number of carbonyl (C=O) groups is 6. The average Bonchev–Trinajstić information content (AvgIpc) is 3.13. The molecule has 1 aromatic rings. The van der Waals surface area contributed by atoms with Crippen LogP contribution in [0.15, 0.2) is 66.3 Å². The van der Waals surface area contributed by atoms with Crippen LogP contribution >= 0.6 is 0 Å². The van der Waals surface area contributed by atoms with E-state index >= 15 is 0 Å². The normalized spacial score (nSPS) is 13.9. The van der Waals surface area contributed by atoms with E-state index in [1.54, 1.807) is 70.4 Å². The van der Waals surface area contributed by atoms with Gasteiger partial charge in [-0.25, -0.2) is 0 Å². The minimum absolute atomic E-state index is 0.0145. The first kappa shape index (κ1) is 45.2. The van der Waals surface area contributed by atoms with Gasteiger partial charge in [-0.05, 0) is 37.3 Å². The van der Waals surface area contributed by atoms with Crippen LogP contribution in [-0.2, 0) is 33.5 Å². The van der Waals surface area contributed by atoms with Crippen molar-refractivity contribution in [3.05, 3.63) is 71.8 Å². The zero-order valence-corrected chi connectivity index (χ0v) is 31.6. The number of ether oxygens (including phenoxy) is 1. The molecule has 0 aliphatic rings. The summed E-state index contributed by atoms with van der Waals surface area (Å²) in [5, 5.41) is 21.1. The SMILES string of the molecule is C/C=C/C(=C\C=C/CCCCCC)CC(OC(=O)CNC(=O)CC)C(=O)NC(CCC)C(O)C(=O)NCC(=O)NC(C(=O)N(C)C)c1ccccc1. The first-order valence-electron chi connectivity index (χ1n) is 18.1.